The van der Waals surface area contributed by atoms with Gasteiger partial charge in [0.2, 0.25) is 10.0 Å². The van der Waals surface area contributed by atoms with Crippen molar-refractivity contribution >= 4 is 10.0 Å². The van der Waals surface area contributed by atoms with E-state index in [9.17, 15) is 17.9 Å². The number of halogens is 1. The molecule has 1 aliphatic rings. The number of sulfonamides is 1. The average molecular weight is 317 g/mol. The Bertz CT molecular complexity index is 644. The van der Waals surface area contributed by atoms with Crippen LogP contribution in [0.2, 0.25) is 0 Å². The maximum absolute atomic E-state index is 13.5. The Labute approximate surface area is 124 Å². The van der Waals surface area contributed by atoms with E-state index in [0.717, 1.165) is 4.31 Å². The molecule has 2 rings (SSSR count). The second kappa shape index (κ2) is 5.23. The summed E-state index contributed by atoms with van der Waals surface area (Å²) in [5, 5.41) is 10.5. The first-order valence-corrected chi connectivity index (χ1v) is 8.33. The van der Waals surface area contributed by atoms with E-state index in [4.69, 9.17) is 4.74 Å². The van der Waals surface area contributed by atoms with Crippen LogP contribution in [0.3, 0.4) is 0 Å². The Kier molecular flexibility index (Phi) is 4.03. The number of benzene rings is 1. The third kappa shape index (κ3) is 2.77. The van der Waals surface area contributed by atoms with Crippen LogP contribution in [0.1, 0.15) is 32.4 Å². The van der Waals surface area contributed by atoms with Gasteiger partial charge in [-0.3, -0.25) is 0 Å². The number of nitrogens with zero attached hydrogens (tertiary/aromatic N) is 1. The second-order valence-electron chi connectivity index (χ2n) is 5.69. The summed E-state index contributed by atoms with van der Waals surface area (Å²) in [4.78, 5) is 0. The predicted molar refractivity (Wildman–Crippen MR) is 77.1 cm³/mol. The fourth-order valence-electron chi connectivity index (χ4n) is 2.51. The predicted octanol–water partition coefficient (Wildman–Crippen LogP) is 1.68. The molecule has 0 radical (unpaired) electrons. The molecule has 1 N–H and O–H groups in total. The van der Waals surface area contributed by atoms with Crippen LogP contribution < -0.4 is 4.74 Å². The van der Waals surface area contributed by atoms with E-state index in [1.165, 1.54) is 32.2 Å². The number of aliphatic hydroxyl groups is 1. The molecule has 1 aliphatic heterocycles. The first kappa shape index (κ1) is 16.2. The Hall–Kier alpha value is -1.18. The molecule has 118 valence electrons. The summed E-state index contributed by atoms with van der Waals surface area (Å²) in [6.45, 7) is 4.86. The van der Waals surface area contributed by atoms with Crippen LogP contribution >= 0.6 is 0 Å². The quantitative estimate of drug-likeness (QED) is 0.921. The first-order chi connectivity index (χ1) is 9.60. The van der Waals surface area contributed by atoms with Crippen molar-refractivity contribution in [2.45, 2.75) is 38.5 Å². The van der Waals surface area contributed by atoms with E-state index in [1.54, 1.807) is 13.8 Å². The Morgan fingerprint density at radius 3 is 2.62 bits per heavy atom. The minimum absolute atomic E-state index is 0.0986. The lowest BCUT2D eigenvalue weighted by Gasteiger charge is -2.44. The van der Waals surface area contributed by atoms with Crippen LogP contribution in [0.25, 0.3) is 0 Å². The molecule has 5 nitrogen and oxygen atoms in total. The minimum atomic E-state index is -3.54. The van der Waals surface area contributed by atoms with Crippen LogP contribution in [0.15, 0.2) is 18.2 Å². The number of hydrogen-bond acceptors (Lipinski definition) is 4. The van der Waals surface area contributed by atoms with Crippen molar-refractivity contribution in [3.63, 3.8) is 0 Å². The summed E-state index contributed by atoms with van der Waals surface area (Å²) in [6, 6.07) is 3.03. The van der Waals surface area contributed by atoms with Crippen molar-refractivity contribution in [2.75, 3.05) is 12.8 Å². The van der Waals surface area contributed by atoms with Gasteiger partial charge in [-0.15, -0.1) is 0 Å². The Balaban J connectivity index is 2.60. The second-order valence-corrected chi connectivity index (χ2v) is 8.01. The van der Waals surface area contributed by atoms with Crippen molar-refractivity contribution in [1.82, 2.24) is 4.31 Å². The van der Waals surface area contributed by atoms with E-state index in [2.05, 4.69) is 0 Å². The average Bonchev–Trinajstić information content (AvgIpc) is 2.40. The summed E-state index contributed by atoms with van der Waals surface area (Å²) in [5.41, 5.74) is -0.645. The monoisotopic (exact) mass is 317 g/mol. The Morgan fingerprint density at radius 1 is 1.43 bits per heavy atom. The summed E-state index contributed by atoms with van der Waals surface area (Å²) in [6.07, 6.45) is -1.11. The highest BCUT2D eigenvalue weighted by atomic mass is 32.2. The molecule has 0 saturated carbocycles. The largest absolute Gasteiger partial charge is 0.485 e. The summed E-state index contributed by atoms with van der Waals surface area (Å²) in [5.74, 6) is -0.218. The first-order valence-electron chi connectivity index (χ1n) is 6.72. The molecule has 21 heavy (non-hydrogen) atoms. The van der Waals surface area contributed by atoms with Gasteiger partial charge in [0.05, 0.1) is 11.8 Å². The zero-order chi connectivity index (χ0) is 16.0. The molecular weight excluding hydrogens is 297 g/mol. The van der Waals surface area contributed by atoms with Crippen LogP contribution in [0.4, 0.5) is 4.39 Å². The fourth-order valence-corrected chi connectivity index (χ4v) is 3.49. The topological polar surface area (TPSA) is 66.8 Å². The zero-order valence-electron chi connectivity index (χ0n) is 12.5. The maximum atomic E-state index is 13.5. The third-order valence-electron chi connectivity index (χ3n) is 3.87. The Morgan fingerprint density at radius 2 is 2.05 bits per heavy atom. The van der Waals surface area contributed by atoms with Gasteiger partial charge in [0, 0.05) is 12.6 Å². The highest BCUT2D eigenvalue weighted by molar-refractivity contribution is 7.89. The SMILES string of the molecule is CCS(=O)(=O)N(C)[C@H]1c2cc(F)ccc2OC(C)(C)[C@@H]1O. The van der Waals surface area contributed by atoms with E-state index >= 15 is 0 Å². The fraction of sp³-hybridized carbons (Fsp3) is 0.571. The van der Waals surface area contributed by atoms with Crippen molar-refractivity contribution < 1.29 is 22.7 Å². The van der Waals surface area contributed by atoms with Gasteiger partial charge < -0.3 is 9.84 Å². The summed E-state index contributed by atoms with van der Waals surface area (Å²) < 4.78 is 44.6. The van der Waals surface area contributed by atoms with Gasteiger partial charge in [0.15, 0.2) is 0 Å². The summed E-state index contributed by atoms with van der Waals surface area (Å²) in [7, 11) is -2.15. The van der Waals surface area contributed by atoms with Gasteiger partial charge in [-0.25, -0.2) is 12.8 Å². The lowest BCUT2D eigenvalue weighted by molar-refractivity contribution is -0.0764. The number of aliphatic hydroxyl groups excluding tert-OH is 1. The standard InChI is InChI=1S/C14H20FNO4S/c1-5-21(18,19)16(4)12-10-8-9(15)6-7-11(10)20-14(2,3)13(12)17/h6-8,12-13,17H,5H2,1-4H3/t12-,13+/m0/s1. The highest BCUT2D eigenvalue weighted by Gasteiger charge is 2.47. The van der Waals surface area contributed by atoms with Gasteiger partial charge in [-0.1, -0.05) is 0 Å². The summed E-state index contributed by atoms with van der Waals surface area (Å²) >= 11 is 0. The zero-order valence-corrected chi connectivity index (χ0v) is 13.3. The molecule has 0 aliphatic carbocycles. The molecule has 7 heteroatoms. The van der Waals surface area contributed by atoms with Gasteiger partial charge >= 0.3 is 0 Å². The van der Waals surface area contributed by atoms with Crippen LogP contribution in [0.5, 0.6) is 5.75 Å². The minimum Gasteiger partial charge on any atom is -0.485 e. The molecule has 1 aromatic carbocycles. The molecule has 2 atom stereocenters. The highest BCUT2D eigenvalue weighted by Crippen LogP contribution is 2.43. The smallest absolute Gasteiger partial charge is 0.214 e. The van der Waals surface area contributed by atoms with Crippen LogP contribution in [0, 0.1) is 5.82 Å². The van der Waals surface area contributed by atoms with Gasteiger partial charge in [-0.05, 0) is 39.0 Å². The molecule has 1 aromatic rings. The molecule has 1 heterocycles. The van der Waals surface area contributed by atoms with Crippen molar-refractivity contribution in [3.05, 3.63) is 29.6 Å². The normalized spacial score (nSPS) is 24.5. The maximum Gasteiger partial charge on any atom is 0.214 e. The van der Waals surface area contributed by atoms with Crippen molar-refractivity contribution in [1.29, 1.82) is 0 Å². The van der Waals surface area contributed by atoms with Crippen LogP contribution in [-0.4, -0.2) is 42.3 Å². The van der Waals surface area contributed by atoms with Gasteiger partial charge in [0.25, 0.3) is 0 Å². The third-order valence-corrected chi connectivity index (χ3v) is 5.70. The molecule has 0 unspecified atom stereocenters. The lowest BCUT2D eigenvalue weighted by Crippen LogP contribution is -2.54. The van der Waals surface area contributed by atoms with Gasteiger partial charge in [0.1, 0.15) is 23.3 Å². The number of rotatable bonds is 3. The molecular formula is C14H20FNO4S. The number of fused-ring (bicyclic) bond motifs is 1. The van der Waals surface area contributed by atoms with E-state index in [0.29, 0.717) is 11.3 Å². The molecule has 0 fully saturated rings. The number of ether oxygens (including phenoxy) is 1. The van der Waals surface area contributed by atoms with Crippen LogP contribution in [-0.2, 0) is 10.0 Å². The van der Waals surface area contributed by atoms with Crippen molar-refractivity contribution in [2.24, 2.45) is 0 Å². The van der Waals surface area contributed by atoms with E-state index in [-0.39, 0.29) is 5.75 Å². The van der Waals surface area contributed by atoms with Gasteiger partial charge in [-0.2, -0.15) is 4.31 Å². The molecule has 0 saturated heterocycles. The van der Waals surface area contributed by atoms with Crippen molar-refractivity contribution in [3.8, 4) is 5.75 Å². The van der Waals surface area contributed by atoms with E-state index in [1.807, 2.05) is 0 Å². The molecule has 0 bridgehead atoms. The molecule has 0 amide bonds. The van der Waals surface area contributed by atoms with E-state index < -0.39 is 33.6 Å². The molecule has 0 aromatic heterocycles. The number of hydrogen-bond donors (Lipinski definition) is 1. The lowest BCUT2D eigenvalue weighted by atomic mass is 9.86. The molecule has 0 spiro atoms. The number of likely N-dealkylation sites (N-methyl/N-ethyl adjacent to an activating group) is 1.